The number of carbonyl (C=O) groups excluding carboxylic acids is 2. The summed E-state index contributed by atoms with van der Waals surface area (Å²) < 4.78 is 0. The van der Waals surface area contributed by atoms with Gasteiger partial charge in [-0.05, 0) is 102 Å². The van der Waals surface area contributed by atoms with Crippen molar-refractivity contribution in [3.8, 4) is 0 Å². The lowest BCUT2D eigenvalue weighted by Crippen LogP contribution is -2.47. The number of benzene rings is 1. The molecule has 2 aliphatic rings. The van der Waals surface area contributed by atoms with Crippen molar-refractivity contribution in [3.05, 3.63) is 24.3 Å². The number of Topliss-reactive ketones (excluding diaryl/α,β-unsaturated/α-hetero) is 2. The van der Waals surface area contributed by atoms with Crippen LogP contribution in [0.3, 0.4) is 0 Å². The third-order valence-corrected chi connectivity index (χ3v) is 8.99. The molecule has 0 heterocycles. The van der Waals surface area contributed by atoms with Crippen LogP contribution in [0, 0.1) is 35.5 Å². The summed E-state index contributed by atoms with van der Waals surface area (Å²) in [5, 5.41) is 7.71. The number of para-hydroxylation sites is 2. The average molecular weight is 469 g/mol. The van der Waals surface area contributed by atoms with Crippen LogP contribution in [0.4, 0.5) is 11.4 Å². The van der Waals surface area contributed by atoms with Crippen LogP contribution in [0.2, 0.25) is 0 Å². The maximum atomic E-state index is 12.5. The first-order valence-corrected chi connectivity index (χ1v) is 13.5. The normalized spacial score (nSPS) is 34.2. The number of rotatable bonds is 8. The van der Waals surface area contributed by atoms with E-state index in [4.69, 9.17) is 0 Å². The van der Waals surface area contributed by atoms with E-state index in [2.05, 4.69) is 76.4 Å². The molecule has 0 bridgehead atoms. The number of carbonyl (C=O) groups is 2. The summed E-state index contributed by atoms with van der Waals surface area (Å²) in [7, 11) is 0. The zero-order chi connectivity index (χ0) is 25.3. The van der Waals surface area contributed by atoms with Crippen LogP contribution in [-0.4, -0.2) is 22.6 Å². The van der Waals surface area contributed by atoms with Crippen LogP contribution in [0.15, 0.2) is 24.3 Å². The van der Waals surface area contributed by atoms with Gasteiger partial charge in [0.1, 0.15) is 11.6 Å². The number of hydrogen-bond acceptors (Lipinski definition) is 4. The van der Waals surface area contributed by atoms with Gasteiger partial charge in [0.25, 0.3) is 0 Å². The van der Waals surface area contributed by atoms with E-state index in [-0.39, 0.29) is 22.9 Å². The lowest BCUT2D eigenvalue weighted by molar-refractivity contribution is -0.125. The van der Waals surface area contributed by atoms with Gasteiger partial charge >= 0.3 is 0 Å². The minimum atomic E-state index is -0.113. The zero-order valence-electron chi connectivity index (χ0n) is 22.8. The third-order valence-electron chi connectivity index (χ3n) is 8.99. The molecule has 0 radical (unpaired) electrons. The summed E-state index contributed by atoms with van der Waals surface area (Å²) in [4.78, 5) is 25.0. The van der Waals surface area contributed by atoms with Gasteiger partial charge in [-0.1, -0.05) is 39.8 Å². The van der Waals surface area contributed by atoms with Crippen LogP contribution < -0.4 is 10.6 Å². The first-order valence-electron chi connectivity index (χ1n) is 13.5. The lowest BCUT2D eigenvalue weighted by atomic mass is 9.65. The van der Waals surface area contributed by atoms with Gasteiger partial charge in [0.2, 0.25) is 0 Å². The molecule has 1 aromatic rings. The highest BCUT2D eigenvalue weighted by Crippen LogP contribution is 2.45. The van der Waals surface area contributed by atoms with Gasteiger partial charge in [-0.3, -0.25) is 9.59 Å². The van der Waals surface area contributed by atoms with E-state index in [0.29, 0.717) is 35.2 Å². The molecule has 2 fully saturated rings. The van der Waals surface area contributed by atoms with E-state index >= 15 is 0 Å². The Bertz CT molecular complexity index is 807. The van der Waals surface area contributed by atoms with Gasteiger partial charge in [0.15, 0.2) is 0 Å². The summed E-state index contributed by atoms with van der Waals surface area (Å²) in [5.41, 5.74) is 1.97. The summed E-state index contributed by atoms with van der Waals surface area (Å²) in [6.07, 6.45) is 6.03. The molecule has 2 N–H and O–H groups in total. The maximum absolute atomic E-state index is 12.5. The molecule has 0 amide bonds. The van der Waals surface area contributed by atoms with Gasteiger partial charge in [-0.25, -0.2) is 0 Å². The van der Waals surface area contributed by atoms with Crippen molar-refractivity contribution in [3.63, 3.8) is 0 Å². The largest absolute Gasteiger partial charge is 0.378 e. The van der Waals surface area contributed by atoms with E-state index < -0.39 is 0 Å². The SMILES string of the molecule is CC(=O)C1CC(C)(Nc2ccccc2NC2(C)CCC(C(C)C)C(C(C)=O)C2)CCC1C(C)C. The van der Waals surface area contributed by atoms with E-state index in [0.717, 1.165) is 49.9 Å². The van der Waals surface area contributed by atoms with Crippen molar-refractivity contribution in [2.75, 3.05) is 10.6 Å². The molecule has 0 spiro atoms. The molecule has 0 saturated heterocycles. The molecule has 34 heavy (non-hydrogen) atoms. The van der Waals surface area contributed by atoms with Crippen molar-refractivity contribution in [2.45, 2.75) is 105 Å². The minimum Gasteiger partial charge on any atom is -0.378 e. The molecule has 190 valence electrons. The number of anilines is 2. The molecule has 4 heteroatoms. The molecule has 0 aliphatic heterocycles. The summed E-state index contributed by atoms with van der Waals surface area (Å²) in [6, 6.07) is 8.46. The summed E-state index contributed by atoms with van der Waals surface area (Å²) >= 11 is 0. The Labute approximate surface area is 208 Å². The van der Waals surface area contributed by atoms with Gasteiger partial charge in [0.05, 0.1) is 11.4 Å². The third kappa shape index (κ3) is 6.04. The summed E-state index contributed by atoms with van der Waals surface area (Å²) in [6.45, 7) is 17.1. The number of nitrogens with one attached hydrogen (secondary N) is 2. The Kier molecular flexibility index (Phi) is 8.20. The van der Waals surface area contributed by atoms with Crippen LogP contribution >= 0.6 is 0 Å². The Morgan fingerprint density at radius 3 is 1.41 bits per heavy atom. The van der Waals surface area contributed by atoms with Gasteiger partial charge in [-0.15, -0.1) is 0 Å². The second kappa shape index (κ2) is 10.4. The quantitative estimate of drug-likeness (QED) is 0.419. The Morgan fingerprint density at radius 2 is 1.12 bits per heavy atom. The molecule has 0 aromatic heterocycles. The van der Waals surface area contributed by atoms with Gasteiger partial charge in [-0.2, -0.15) is 0 Å². The van der Waals surface area contributed by atoms with Crippen LogP contribution in [0.5, 0.6) is 0 Å². The Balaban J connectivity index is 1.79. The van der Waals surface area contributed by atoms with Crippen molar-refractivity contribution in [1.29, 1.82) is 0 Å². The monoisotopic (exact) mass is 468 g/mol. The molecule has 6 unspecified atom stereocenters. The fourth-order valence-electron chi connectivity index (χ4n) is 6.92. The number of hydrogen-bond donors (Lipinski definition) is 2. The Hall–Kier alpha value is -1.84. The smallest absolute Gasteiger partial charge is 0.133 e. The molecular formula is C30H48N2O2. The molecule has 1 aromatic carbocycles. The van der Waals surface area contributed by atoms with E-state index in [9.17, 15) is 9.59 Å². The highest BCUT2D eigenvalue weighted by atomic mass is 16.1. The van der Waals surface area contributed by atoms with Gasteiger partial charge in [0, 0.05) is 22.9 Å². The van der Waals surface area contributed by atoms with Crippen LogP contribution in [0.1, 0.15) is 93.9 Å². The molecule has 6 atom stereocenters. The highest BCUT2D eigenvalue weighted by Gasteiger charge is 2.43. The topological polar surface area (TPSA) is 58.2 Å². The minimum absolute atomic E-state index is 0.113. The van der Waals surface area contributed by atoms with Crippen molar-refractivity contribution in [2.24, 2.45) is 35.5 Å². The van der Waals surface area contributed by atoms with E-state index in [1.807, 2.05) is 0 Å². The maximum Gasteiger partial charge on any atom is 0.133 e. The van der Waals surface area contributed by atoms with Crippen LogP contribution in [0.25, 0.3) is 0 Å². The molecule has 4 nitrogen and oxygen atoms in total. The van der Waals surface area contributed by atoms with Crippen LogP contribution in [-0.2, 0) is 9.59 Å². The van der Waals surface area contributed by atoms with E-state index in [1.165, 1.54) is 0 Å². The zero-order valence-corrected chi connectivity index (χ0v) is 22.8. The molecule has 2 saturated carbocycles. The van der Waals surface area contributed by atoms with E-state index in [1.54, 1.807) is 13.8 Å². The fourth-order valence-corrected chi connectivity index (χ4v) is 6.92. The average Bonchev–Trinajstić information content (AvgIpc) is 2.74. The predicted molar refractivity (Wildman–Crippen MR) is 143 cm³/mol. The fraction of sp³-hybridized carbons (Fsp3) is 0.733. The highest BCUT2D eigenvalue weighted by molar-refractivity contribution is 5.80. The second-order valence-electron chi connectivity index (χ2n) is 12.7. The van der Waals surface area contributed by atoms with Gasteiger partial charge < -0.3 is 10.6 Å². The van der Waals surface area contributed by atoms with Crippen molar-refractivity contribution < 1.29 is 9.59 Å². The summed E-state index contributed by atoms with van der Waals surface area (Å²) in [5.74, 6) is 2.88. The molecule has 2 aliphatic carbocycles. The second-order valence-corrected chi connectivity index (χ2v) is 12.7. The standard InChI is InChI=1S/C30H48N2O2/c1-19(2)23-13-15-29(7,17-25(23)21(5)33)31-27-11-9-10-12-28(27)32-30(8)16-14-24(20(3)4)26(18-30)22(6)34/h9-12,19-20,23-26,31-32H,13-18H2,1-8H3. The lowest BCUT2D eigenvalue weighted by Gasteiger charge is -2.46. The first kappa shape index (κ1) is 26.8. The first-order chi connectivity index (χ1) is 15.8. The van der Waals surface area contributed by atoms with Crippen molar-refractivity contribution >= 4 is 22.9 Å². The Morgan fingerprint density at radius 1 is 0.765 bits per heavy atom. The number of ketones is 2. The molecular weight excluding hydrogens is 420 g/mol. The molecule has 3 rings (SSSR count). The van der Waals surface area contributed by atoms with Crippen molar-refractivity contribution in [1.82, 2.24) is 0 Å². The predicted octanol–water partition coefficient (Wildman–Crippen LogP) is 7.35.